The lowest BCUT2D eigenvalue weighted by Crippen LogP contribution is -2.38. The summed E-state index contributed by atoms with van der Waals surface area (Å²) in [6, 6.07) is 16.7. The molecule has 138 valence electrons. The number of hydrogen-bond donors (Lipinski definition) is 2. The molecule has 0 saturated carbocycles. The third kappa shape index (κ3) is 3.39. The highest BCUT2D eigenvalue weighted by atomic mass is 32.2. The van der Waals surface area contributed by atoms with Crippen LogP contribution in [0.5, 0.6) is 5.75 Å². The van der Waals surface area contributed by atoms with Gasteiger partial charge in [0.2, 0.25) is 5.91 Å². The molecule has 27 heavy (non-hydrogen) atoms. The Morgan fingerprint density at radius 1 is 1.04 bits per heavy atom. The van der Waals surface area contributed by atoms with Gasteiger partial charge in [-0.25, -0.2) is 0 Å². The summed E-state index contributed by atoms with van der Waals surface area (Å²) >= 11 is 0. The minimum absolute atomic E-state index is 0.0931. The second-order valence-electron chi connectivity index (χ2n) is 6.45. The summed E-state index contributed by atoms with van der Waals surface area (Å²) in [6.45, 7) is 0.585. The van der Waals surface area contributed by atoms with Crippen LogP contribution in [0.2, 0.25) is 0 Å². The number of amides is 1. The molecule has 3 N–H and O–H groups in total. The van der Waals surface area contributed by atoms with Crippen molar-refractivity contribution >= 4 is 26.8 Å². The smallest absolute Gasteiger partial charge is 0.339 e. The molecule has 0 aliphatic carbocycles. The van der Waals surface area contributed by atoms with E-state index in [4.69, 9.17) is 9.92 Å². The monoisotopic (exact) mass is 382 g/mol. The molecule has 0 aromatic heterocycles. The Morgan fingerprint density at radius 2 is 1.81 bits per heavy atom. The number of nitrogens with one attached hydrogen (secondary N) is 1. The average molecular weight is 382 g/mol. The van der Waals surface area contributed by atoms with Crippen LogP contribution >= 0.6 is 0 Å². The van der Waals surface area contributed by atoms with E-state index >= 15 is 0 Å². The standard InChI is InChI=1S/C20H18N2O4S/c21-20(23)19-18-8-6-16(11-15(18)9-10-22-19)26-27(24,25)17-7-5-13-3-1-2-4-14(13)12-17/h1-8,11-12,19,22H,9-10H2,(H2,21,23). The van der Waals surface area contributed by atoms with Gasteiger partial charge in [0.25, 0.3) is 0 Å². The van der Waals surface area contributed by atoms with E-state index in [-0.39, 0.29) is 10.6 Å². The molecule has 4 rings (SSSR count). The number of carbonyl (C=O) groups excluding carboxylic acids is 1. The van der Waals surface area contributed by atoms with Crippen molar-refractivity contribution in [3.05, 3.63) is 71.8 Å². The van der Waals surface area contributed by atoms with Crippen LogP contribution in [-0.4, -0.2) is 20.9 Å². The zero-order valence-corrected chi connectivity index (χ0v) is 15.2. The summed E-state index contributed by atoms with van der Waals surface area (Å²) in [6.07, 6.45) is 0.659. The van der Waals surface area contributed by atoms with Gasteiger partial charge in [0.15, 0.2) is 0 Å². The van der Waals surface area contributed by atoms with Crippen molar-refractivity contribution in [2.45, 2.75) is 17.4 Å². The van der Waals surface area contributed by atoms with Crippen molar-refractivity contribution in [3.63, 3.8) is 0 Å². The normalized spacial score (nSPS) is 16.7. The molecule has 0 saturated heterocycles. The average Bonchev–Trinajstić information content (AvgIpc) is 2.66. The molecule has 1 unspecified atom stereocenters. The van der Waals surface area contributed by atoms with Crippen molar-refractivity contribution in [1.82, 2.24) is 5.32 Å². The Hall–Kier alpha value is -2.90. The van der Waals surface area contributed by atoms with Crippen LogP contribution in [0.25, 0.3) is 10.8 Å². The maximum absolute atomic E-state index is 12.7. The van der Waals surface area contributed by atoms with E-state index in [1.165, 1.54) is 6.07 Å². The molecule has 1 heterocycles. The Morgan fingerprint density at radius 3 is 2.59 bits per heavy atom. The fraction of sp³-hybridized carbons (Fsp3) is 0.150. The van der Waals surface area contributed by atoms with Crippen LogP contribution in [-0.2, 0) is 21.3 Å². The van der Waals surface area contributed by atoms with E-state index in [2.05, 4.69) is 5.32 Å². The highest BCUT2D eigenvalue weighted by molar-refractivity contribution is 7.87. The zero-order valence-electron chi connectivity index (χ0n) is 14.4. The van der Waals surface area contributed by atoms with E-state index in [9.17, 15) is 13.2 Å². The predicted molar refractivity (Wildman–Crippen MR) is 102 cm³/mol. The molecule has 0 radical (unpaired) electrons. The van der Waals surface area contributed by atoms with Gasteiger partial charge in [-0.2, -0.15) is 8.42 Å². The van der Waals surface area contributed by atoms with Crippen LogP contribution in [0.4, 0.5) is 0 Å². The van der Waals surface area contributed by atoms with Crippen molar-refractivity contribution < 1.29 is 17.4 Å². The second-order valence-corrected chi connectivity index (χ2v) is 7.99. The molecule has 0 spiro atoms. The van der Waals surface area contributed by atoms with E-state index in [1.54, 1.807) is 30.3 Å². The van der Waals surface area contributed by atoms with E-state index in [0.29, 0.717) is 13.0 Å². The Labute approximate surface area is 157 Å². The summed E-state index contributed by atoms with van der Waals surface area (Å²) in [5, 5.41) is 4.83. The van der Waals surface area contributed by atoms with Gasteiger partial charge >= 0.3 is 10.1 Å². The van der Waals surface area contributed by atoms with Crippen molar-refractivity contribution in [2.75, 3.05) is 6.54 Å². The Bertz CT molecular complexity index is 1140. The van der Waals surface area contributed by atoms with Crippen molar-refractivity contribution in [3.8, 4) is 5.75 Å². The fourth-order valence-corrected chi connectivity index (χ4v) is 4.30. The maximum Gasteiger partial charge on any atom is 0.339 e. The molecular weight excluding hydrogens is 364 g/mol. The first kappa shape index (κ1) is 17.5. The van der Waals surface area contributed by atoms with E-state index in [1.807, 2.05) is 24.3 Å². The van der Waals surface area contributed by atoms with Gasteiger partial charge < -0.3 is 15.2 Å². The number of fused-ring (bicyclic) bond motifs is 2. The maximum atomic E-state index is 12.7. The van der Waals surface area contributed by atoms with Gasteiger partial charge in [0.05, 0.1) is 0 Å². The molecule has 0 bridgehead atoms. The van der Waals surface area contributed by atoms with Crippen LogP contribution in [0.3, 0.4) is 0 Å². The van der Waals surface area contributed by atoms with Crippen LogP contribution in [0.15, 0.2) is 65.6 Å². The van der Waals surface area contributed by atoms with Crippen molar-refractivity contribution in [2.24, 2.45) is 5.73 Å². The van der Waals surface area contributed by atoms with Gasteiger partial charge in [-0.05, 0) is 52.6 Å². The summed E-state index contributed by atoms with van der Waals surface area (Å²) in [7, 11) is -3.97. The Balaban J connectivity index is 1.65. The van der Waals surface area contributed by atoms with Gasteiger partial charge in [-0.15, -0.1) is 0 Å². The predicted octanol–water partition coefficient (Wildman–Crippen LogP) is 2.28. The van der Waals surface area contributed by atoms with Gasteiger partial charge in [-0.3, -0.25) is 4.79 Å². The van der Waals surface area contributed by atoms with E-state index < -0.39 is 22.1 Å². The first-order chi connectivity index (χ1) is 12.9. The van der Waals surface area contributed by atoms with Crippen LogP contribution in [0, 0.1) is 0 Å². The third-order valence-electron chi connectivity index (χ3n) is 4.67. The van der Waals surface area contributed by atoms with Gasteiger partial charge in [-0.1, -0.05) is 36.4 Å². The topological polar surface area (TPSA) is 98.5 Å². The first-order valence-corrected chi connectivity index (χ1v) is 9.94. The quantitative estimate of drug-likeness (QED) is 0.675. The lowest BCUT2D eigenvalue weighted by atomic mass is 9.94. The largest absolute Gasteiger partial charge is 0.379 e. The highest BCUT2D eigenvalue weighted by Crippen LogP contribution is 2.29. The first-order valence-electron chi connectivity index (χ1n) is 8.53. The highest BCUT2D eigenvalue weighted by Gasteiger charge is 2.25. The number of carbonyl (C=O) groups is 1. The van der Waals surface area contributed by atoms with Crippen LogP contribution < -0.4 is 15.2 Å². The summed E-state index contributed by atoms with van der Waals surface area (Å²) in [5.41, 5.74) is 7.02. The van der Waals surface area contributed by atoms with Crippen molar-refractivity contribution in [1.29, 1.82) is 0 Å². The fourth-order valence-electron chi connectivity index (χ4n) is 3.34. The summed E-state index contributed by atoms with van der Waals surface area (Å²) in [4.78, 5) is 11.6. The van der Waals surface area contributed by atoms with Gasteiger partial charge in [0, 0.05) is 6.54 Å². The number of primary amides is 1. The lowest BCUT2D eigenvalue weighted by Gasteiger charge is -2.24. The molecule has 6 nitrogen and oxygen atoms in total. The third-order valence-corrected chi connectivity index (χ3v) is 5.91. The second kappa shape index (κ2) is 6.68. The summed E-state index contributed by atoms with van der Waals surface area (Å²) < 4.78 is 30.7. The number of nitrogens with two attached hydrogens (primary N) is 1. The molecule has 1 aliphatic rings. The minimum Gasteiger partial charge on any atom is -0.379 e. The molecule has 1 amide bonds. The lowest BCUT2D eigenvalue weighted by molar-refractivity contribution is -0.120. The molecule has 3 aromatic carbocycles. The summed E-state index contributed by atoms with van der Waals surface area (Å²) in [5.74, 6) is -0.250. The zero-order chi connectivity index (χ0) is 19.0. The van der Waals surface area contributed by atoms with Gasteiger partial charge in [0.1, 0.15) is 16.7 Å². The molecular formula is C20H18N2O4S. The molecule has 1 aliphatic heterocycles. The Kier molecular flexibility index (Phi) is 4.33. The molecule has 7 heteroatoms. The number of rotatable bonds is 4. The molecule has 0 fully saturated rings. The van der Waals surface area contributed by atoms with E-state index in [0.717, 1.165) is 21.9 Å². The molecule has 1 atom stereocenters. The SMILES string of the molecule is NC(=O)C1NCCc2cc(OS(=O)(=O)c3ccc4ccccc4c3)ccc21. The number of hydrogen-bond acceptors (Lipinski definition) is 5. The van der Waals surface area contributed by atoms with Crippen LogP contribution in [0.1, 0.15) is 17.2 Å². The minimum atomic E-state index is -3.97. The molecule has 3 aromatic rings. The number of benzene rings is 3.